The number of rotatable bonds is 0. The Bertz CT molecular complexity index is 3080. The van der Waals surface area contributed by atoms with Crippen LogP contribution in [0.3, 0.4) is 0 Å². The molecular weight excluding hydrogens is 698 g/mol. The molecule has 0 bridgehead atoms. The summed E-state index contributed by atoms with van der Waals surface area (Å²) >= 11 is 1.93. The minimum Gasteiger partial charge on any atom is -0.458 e. The topological polar surface area (TPSA) is 19.1 Å². The summed E-state index contributed by atoms with van der Waals surface area (Å²) in [7, 11) is 0. The van der Waals surface area contributed by atoms with Gasteiger partial charge in [0, 0.05) is 42.7 Å². The second-order valence-corrected chi connectivity index (χ2v) is 19.6. The molecule has 0 saturated carbocycles. The number of hydrogen-bond donors (Lipinski definition) is 0. The van der Waals surface area contributed by atoms with E-state index in [1.165, 1.54) is 109 Å². The molecule has 9 aromatic rings. The predicted molar refractivity (Wildman–Crippen MR) is 239 cm³/mol. The Labute approximate surface area is 331 Å². The van der Waals surface area contributed by atoms with E-state index in [1.807, 2.05) is 11.8 Å². The lowest BCUT2D eigenvalue weighted by Crippen LogP contribution is -2.58. The first kappa shape index (κ1) is 31.6. The largest absolute Gasteiger partial charge is 0.458 e. The van der Waals surface area contributed by atoms with E-state index < -0.39 is 0 Å². The quantitative estimate of drug-likeness (QED) is 0.145. The van der Waals surface area contributed by atoms with Crippen LogP contribution in [0, 0.1) is 0 Å². The highest BCUT2D eigenvalue weighted by molar-refractivity contribution is 8.00. The van der Waals surface area contributed by atoms with Gasteiger partial charge in [-0.2, -0.15) is 0 Å². The standard InChI is InChI=1S/C50H38B2N2OS/c1-49(2,3)27-15-19-37-35(23-27)51-33-11-7-9-13-41(33)55-42-21-17-29-31-25-40-32(26-39(31)53(37)47(29)45(42)51)30-18-22-44-46-48(30)54(40)38-20-16-28(50(4,5)6)24-36(38)52(46)34-12-8-10-14-43(34)56-44/h7-26H,1-6H3. The Morgan fingerprint density at radius 1 is 0.464 bits per heavy atom. The van der Waals surface area contributed by atoms with E-state index in [0.29, 0.717) is 0 Å². The minimum absolute atomic E-state index is 0.0214. The zero-order valence-corrected chi connectivity index (χ0v) is 33.2. The van der Waals surface area contributed by atoms with Crippen molar-refractivity contribution in [3.05, 3.63) is 132 Å². The molecule has 13 rings (SSSR count). The first-order chi connectivity index (χ1) is 27.0. The molecule has 0 fully saturated rings. The summed E-state index contributed by atoms with van der Waals surface area (Å²) < 4.78 is 11.9. The maximum Gasteiger partial charge on any atom is 0.256 e. The van der Waals surface area contributed by atoms with Gasteiger partial charge in [0.1, 0.15) is 11.5 Å². The van der Waals surface area contributed by atoms with Crippen molar-refractivity contribution in [1.29, 1.82) is 0 Å². The van der Waals surface area contributed by atoms with E-state index in [-0.39, 0.29) is 24.3 Å². The third kappa shape index (κ3) is 3.84. The second-order valence-electron chi connectivity index (χ2n) is 18.5. The van der Waals surface area contributed by atoms with Crippen LogP contribution in [-0.2, 0) is 10.8 Å². The first-order valence-electron chi connectivity index (χ1n) is 20.0. The van der Waals surface area contributed by atoms with Gasteiger partial charge in [0.05, 0.1) is 22.1 Å². The molecule has 0 amide bonds. The van der Waals surface area contributed by atoms with Gasteiger partial charge in [0.15, 0.2) is 0 Å². The monoisotopic (exact) mass is 736 g/mol. The van der Waals surface area contributed by atoms with Crippen LogP contribution in [0.25, 0.3) is 55.0 Å². The van der Waals surface area contributed by atoms with Crippen LogP contribution >= 0.6 is 11.8 Å². The fourth-order valence-electron chi connectivity index (χ4n) is 10.7. The SMILES string of the molecule is CC(C)(C)c1ccc2c(c1)B1c3ccccc3Oc3ccc4c5cc6c(cc5n-2c4c31)c1ccc2c3c1n6-c1ccc(C(C)(C)C)cc1B3c1ccccc1S2. The van der Waals surface area contributed by atoms with Gasteiger partial charge in [-0.1, -0.05) is 125 Å². The Kier molecular flexibility index (Phi) is 5.77. The fraction of sp³-hybridized carbons (Fsp3) is 0.160. The van der Waals surface area contributed by atoms with E-state index >= 15 is 0 Å². The lowest BCUT2D eigenvalue weighted by molar-refractivity contribution is 0.488. The zero-order valence-electron chi connectivity index (χ0n) is 32.4. The molecule has 2 aromatic heterocycles. The molecular formula is C50H38B2N2OS. The van der Waals surface area contributed by atoms with E-state index in [9.17, 15) is 0 Å². The number of hydrogen-bond acceptors (Lipinski definition) is 2. The van der Waals surface area contributed by atoms with Gasteiger partial charge < -0.3 is 13.9 Å². The van der Waals surface area contributed by atoms with Crippen LogP contribution in [-0.4, -0.2) is 22.6 Å². The van der Waals surface area contributed by atoms with E-state index in [1.54, 1.807) is 0 Å². The molecule has 266 valence electrons. The molecule has 0 saturated heterocycles. The number of benzene rings is 7. The molecule has 4 aliphatic rings. The summed E-state index contributed by atoms with van der Waals surface area (Å²) in [6.07, 6.45) is 0. The van der Waals surface area contributed by atoms with Crippen LogP contribution < -0.4 is 37.5 Å². The molecule has 6 heteroatoms. The van der Waals surface area contributed by atoms with Crippen molar-refractivity contribution in [3.8, 4) is 22.9 Å². The van der Waals surface area contributed by atoms with Crippen LogP contribution in [0.2, 0.25) is 0 Å². The number of ether oxygens (including phenoxy) is 1. The number of fused-ring (bicyclic) bond motifs is 16. The van der Waals surface area contributed by atoms with Crippen molar-refractivity contribution < 1.29 is 4.74 Å². The highest BCUT2D eigenvalue weighted by Gasteiger charge is 2.43. The molecule has 3 nitrogen and oxygen atoms in total. The zero-order chi connectivity index (χ0) is 37.6. The van der Waals surface area contributed by atoms with Gasteiger partial charge >= 0.3 is 0 Å². The van der Waals surface area contributed by atoms with Gasteiger partial charge in [-0.05, 0) is 104 Å². The molecule has 0 spiro atoms. The van der Waals surface area contributed by atoms with Crippen molar-refractivity contribution in [2.75, 3.05) is 0 Å². The molecule has 0 N–H and O–H groups in total. The maximum atomic E-state index is 6.75. The highest BCUT2D eigenvalue weighted by atomic mass is 32.2. The van der Waals surface area contributed by atoms with Crippen LogP contribution in [0.4, 0.5) is 0 Å². The summed E-state index contributed by atoms with van der Waals surface area (Å²) in [6, 6.07) is 46.6. The van der Waals surface area contributed by atoms with Crippen LogP contribution in [0.1, 0.15) is 52.7 Å². The number of nitrogens with zero attached hydrogens (tertiary/aromatic N) is 2. The summed E-state index contributed by atoms with van der Waals surface area (Å²) in [5.41, 5.74) is 18.6. The van der Waals surface area contributed by atoms with E-state index in [0.717, 1.165) is 11.5 Å². The molecule has 6 heterocycles. The summed E-state index contributed by atoms with van der Waals surface area (Å²) in [5.74, 6) is 1.92. The van der Waals surface area contributed by atoms with Crippen LogP contribution in [0.5, 0.6) is 11.5 Å². The Balaban J connectivity index is 1.17. The molecule has 0 radical (unpaired) electrons. The summed E-state index contributed by atoms with van der Waals surface area (Å²) in [4.78, 5) is 2.73. The van der Waals surface area contributed by atoms with E-state index in [4.69, 9.17) is 4.74 Å². The average molecular weight is 737 g/mol. The Morgan fingerprint density at radius 2 is 1.02 bits per heavy atom. The lowest BCUT2D eigenvalue weighted by Gasteiger charge is -2.34. The van der Waals surface area contributed by atoms with Crippen molar-refractivity contribution in [2.24, 2.45) is 0 Å². The Hall–Kier alpha value is -5.58. The molecule has 4 aliphatic heterocycles. The van der Waals surface area contributed by atoms with Crippen molar-refractivity contribution >= 4 is 102 Å². The summed E-state index contributed by atoms with van der Waals surface area (Å²) in [6.45, 7) is 14.2. The third-order valence-corrected chi connectivity index (χ3v) is 14.5. The molecule has 0 unspecified atom stereocenters. The van der Waals surface area contributed by atoms with Gasteiger partial charge in [-0.15, -0.1) is 0 Å². The normalized spacial score (nSPS) is 14.6. The molecule has 0 atom stereocenters. The number of para-hydroxylation sites is 1. The van der Waals surface area contributed by atoms with Crippen molar-refractivity contribution in [1.82, 2.24) is 9.13 Å². The van der Waals surface area contributed by atoms with Gasteiger partial charge in [0.25, 0.3) is 6.71 Å². The second kappa shape index (κ2) is 10.2. The molecule has 7 aromatic carbocycles. The maximum absolute atomic E-state index is 6.75. The smallest absolute Gasteiger partial charge is 0.256 e. The van der Waals surface area contributed by atoms with Gasteiger partial charge in [-0.3, -0.25) is 0 Å². The number of aromatic nitrogens is 2. The Morgan fingerprint density at radius 3 is 1.66 bits per heavy atom. The first-order valence-corrected chi connectivity index (χ1v) is 20.8. The predicted octanol–water partition coefficient (Wildman–Crippen LogP) is 8.71. The van der Waals surface area contributed by atoms with Gasteiger partial charge in [0.2, 0.25) is 6.71 Å². The fourth-order valence-corrected chi connectivity index (χ4v) is 11.8. The van der Waals surface area contributed by atoms with Gasteiger partial charge in [-0.25, -0.2) is 0 Å². The minimum atomic E-state index is 0.0214. The average Bonchev–Trinajstić information content (AvgIpc) is 3.70. The molecule has 56 heavy (non-hydrogen) atoms. The lowest BCUT2D eigenvalue weighted by atomic mass is 9.34. The molecule has 0 aliphatic carbocycles. The third-order valence-electron chi connectivity index (χ3n) is 13.3. The van der Waals surface area contributed by atoms with Crippen molar-refractivity contribution in [3.63, 3.8) is 0 Å². The highest BCUT2D eigenvalue weighted by Crippen LogP contribution is 2.45. The van der Waals surface area contributed by atoms with Crippen LogP contribution in [0.15, 0.2) is 131 Å². The van der Waals surface area contributed by atoms with E-state index in [2.05, 4.69) is 172 Å². The summed E-state index contributed by atoms with van der Waals surface area (Å²) in [5, 5.41) is 5.18. The van der Waals surface area contributed by atoms with Crippen molar-refractivity contribution in [2.45, 2.75) is 62.2 Å².